The lowest BCUT2D eigenvalue weighted by Gasteiger charge is -2.34. The summed E-state index contributed by atoms with van der Waals surface area (Å²) in [6.45, 7) is 11.7. The molecular formula is C14H28N2O3. The minimum Gasteiger partial charge on any atom is -0.481 e. The van der Waals surface area contributed by atoms with Crippen LogP contribution in [0.15, 0.2) is 0 Å². The number of nitrogens with zero attached hydrogens (tertiary/aromatic N) is 2. The largest absolute Gasteiger partial charge is 0.481 e. The van der Waals surface area contributed by atoms with Crippen LogP contribution in [0.1, 0.15) is 26.7 Å². The second kappa shape index (κ2) is 9.28. The molecule has 0 spiro atoms. The van der Waals surface area contributed by atoms with Crippen molar-refractivity contribution in [2.75, 3.05) is 52.5 Å². The van der Waals surface area contributed by atoms with Crippen LogP contribution in [0.4, 0.5) is 0 Å². The zero-order valence-electron chi connectivity index (χ0n) is 12.3. The summed E-state index contributed by atoms with van der Waals surface area (Å²) in [5.74, 6) is -0.00115. The van der Waals surface area contributed by atoms with Gasteiger partial charge in [0, 0.05) is 45.9 Å². The number of carbonyl (C=O) groups is 1. The summed E-state index contributed by atoms with van der Waals surface area (Å²) in [6.07, 6.45) is 1.38. The van der Waals surface area contributed by atoms with E-state index in [0.29, 0.717) is 12.5 Å². The molecule has 5 nitrogen and oxygen atoms in total. The zero-order chi connectivity index (χ0) is 14.1. The molecule has 0 saturated carbocycles. The third-order valence-electron chi connectivity index (χ3n) is 3.50. The van der Waals surface area contributed by atoms with E-state index >= 15 is 0 Å². The van der Waals surface area contributed by atoms with Crippen molar-refractivity contribution < 1.29 is 14.6 Å². The van der Waals surface area contributed by atoms with Gasteiger partial charge in [-0.3, -0.25) is 9.69 Å². The molecule has 0 aromatic heterocycles. The second-order valence-corrected chi connectivity index (χ2v) is 5.62. The van der Waals surface area contributed by atoms with Gasteiger partial charge >= 0.3 is 5.97 Å². The standard InChI is InChI=1S/C14H28N2O3/c1-13(2)4-11-19-12-10-16-8-6-15(7-9-16)5-3-14(17)18/h13H,3-12H2,1-2H3,(H,17,18). The number of hydrogen-bond donors (Lipinski definition) is 1. The van der Waals surface area contributed by atoms with Crippen molar-refractivity contribution in [3.63, 3.8) is 0 Å². The molecule has 1 aliphatic rings. The number of ether oxygens (including phenoxy) is 1. The van der Waals surface area contributed by atoms with Gasteiger partial charge in [-0.15, -0.1) is 0 Å². The summed E-state index contributed by atoms with van der Waals surface area (Å²) in [4.78, 5) is 15.1. The molecule has 0 radical (unpaired) electrons. The lowest BCUT2D eigenvalue weighted by molar-refractivity contribution is -0.137. The summed E-state index contributed by atoms with van der Waals surface area (Å²) in [6, 6.07) is 0. The maximum atomic E-state index is 10.5. The third-order valence-corrected chi connectivity index (χ3v) is 3.50. The topological polar surface area (TPSA) is 53.0 Å². The fraction of sp³-hybridized carbons (Fsp3) is 0.929. The highest BCUT2D eigenvalue weighted by molar-refractivity contribution is 5.66. The van der Waals surface area contributed by atoms with Gasteiger partial charge in [-0.05, 0) is 12.3 Å². The molecule has 1 fully saturated rings. The highest BCUT2D eigenvalue weighted by Gasteiger charge is 2.16. The Bertz CT molecular complexity index is 251. The van der Waals surface area contributed by atoms with Crippen molar-refractivity contribution in [1.29, 1.82) is 0 Å². The quantitative estimate of drug-likeness (QED) is 0.638. The minimum absolute atomic E-state index is 0.248. The Morgan fingerprint density at radius 3 is 2.21 bits per heavy atom. The van der Waals surface area contributed by atoms with Crippen molar-refractivity contribution >= 4 is 5.97 Å². The van der Waals surface area contributed by atoms with E-state index in [1.807, 2.05) is 0 Å². The van der Waals surface area contributed by atoms with E-state index in [1.54, 1.807) is 0 Å². The van der Waals surface area contributed by atoms with Crippen molar-refractivity contribution in [2.45, 2.75) is 26.7 Å². The van der Waals surface area contributed by atoms with Gasteiger partial charge in [-0.25, -0.2) is 0 Å². The number of carboxylic acid groups (broad SMARTS) is 1. The summed E-state index contributed by atoms with van der Waals surface area (Å²) < 4.78 is 5.62. The Morgan fingerprint density at radius 1 is 1.11 bits per heavy atom. The summed E-state index contributed by atoms with van der Waals surface area (Å²) >= 11 is 0. The highest BCUT2D eigenvalue weighted by atomic mass is 16.5. The van der Waals surface area contributed by atoms with Gasteiger partial charge in [0.15, 0.2) is 0 Å². The normalized spacial score (nSPS) is 18.1. The lowest BCUT2D eigenvalue weighted by atomic mass is 10.1. The molecule has 1 aliphatic heterocycles. The Morgan fingerprint density at radius 2 is 1.68 bits per heavy atom. The first-order chi connectivity index (χ1) is 9.08. The van der Waals surface area contributed by atoms with Crippen LogP contribution in [0.2, 0.25) is 0 Å². The van der Waals surface area contributed by atoms with Crippen molar-refractivity contribution in [2.24, 2.45) is 5.92 Å². The molecule has 0 atom stereocenters. The lowest BCUT2D eigenvalue weighted by Crippen LogP contribution is -2.47. The van der Waals surface area contributed by atoms with Gasteiger partial charge in [0.1, 0.15) is 0 Å². The van der Waals surface area contributed by atoms with Crippen LogP contribution in [0, 0.1) is 5.92 Å². The first-order valence-electron chi connectivity index (χ1n) is 7.32. The van der Waals surface area contributed by atoms with E-state index < -0.39 is 5.97 Å². The Hall–Kier alpha value is -0.650. The minimum atomic E-state index is -0.707. The van der Waals surface area contributed by atoms with Crippen LogP contribution in [0.5, 0.6) is 0 Å². The molecule has 1 rings (SSSR count). The number of hydrogen-bond acceptors (Lipinski definition) is 4. The Kier molecular flexibility index (Phi) is 8.02. The van der Waals surface area contributed by atoms with Crippen LogP contribution < -0.4 is 0 Å². The SMILES string of the molecule is CC(C)CCOCCN1CCN(CCC(=O)O)CC1. The van der Waals surface area contributed by atoms with Gasteiger partial charge in [0.2, 0.25) is 0 Å². The predicted octanol–water partition coefficient (Wildman–Crippen LogP) is 1.14. The van der Waals surface area contributed by atoms with Crippen molar-refractivity contribution in [1.82, 2.24) is 9.80 Å². The van der Waals surface area contributed by atoms with E-state index in [2.05, 4.69) is 23.6 Å². The van der Waals surface area contributed by atoms with Crippen molar-refractivity contribution in [3.05, 3.63) is 0 Å². The second-order valence-electron chi connectivity index (χ2n) is 5.62. The maximum Gasteiger partial charge on any atom is 0.304 e. The molecule has 112 valence electrons. The molecule has 19 heavy (non-hydrogen) atoms. The number of aliphatic carboxylic acids is 1. The Balaban J connectivity index is 1.99. The molecule has 0 aromatic rings. The number of rotatable bonds is 9. The van der Waals surface area contributed by atoms with E-state index in [0.717, 1.165) is 52.4 Å². The van der Waals surface area contributed by atoms with E-state index in [9.17, 15) is 4.79 Å². The highest BCUT2D eigenvalue weighted by Crippen LogP contribution is 2.03. The molecule has 1 saturated heterocycles. The van der Waals surface area contributed by atoms with Crippen molar-refractivity contribution in [3.8, 4) is 0 Å². The zero-order valence-corrected chi connectivity index (χ0v) is 12.3. The van der Waals surface area contributed by atoms with Gasteiger partial charge in [-0.1, -0.05) is 13.8 Å². The average molecular weight is 272 g/mol. The fourth-order valence-electron chi connectivity index (χ4n) is 2.11. The molecule has 5 heteroatoms. The van der Waals surface area contributed by atoms with Gasteiger partial charge < -0.3 is 14.7 Å². The molecule has 0 aromatic carbocycles. The summed E-state index contributed by atoms with van der Waals surface area (Å²) in [5, 5.41) is 8.65. The van der Waals surface area contributed by atoms with E-state index in [4.69, 9.17) is 9.84 Å². The van der Waals surface area contributed by atoms with Crippen LogP contribution in [0.25, 0.3) is 0 Å². The number of piperazine rings is 1. The van der Waals surface area contributed by atoms with Gasteiger partial charge in [-0.2, -0.15) is 0 Å². The molecular weight excluding hydrogens is 244 g/mol. The van der Waals surface area contributed by atoms with Crippen LogP contribution in [-0.4, -0.2) is 73.4 Å². The molecule has 0 aliphatic carbocycles. The molecule has 0 unspecified atom stereocenters. The van der Waals surface area contributed by atoms with Gasteiger partial charge in [0.05, 0.1) is 13.0 Å². The molecule has 0 amide bonds. The molecule has 0 bridgehead atoms. The third kappa shape index (κ3) is 8.18. The first kappa shape index (κ1) is 16.4. The predicted molar refractivity (Wildman–Crippen MR) is 75.4 cm³/mol. The summed E-state index contributed by atoms with van der Waals surface area (Å²) in [7, 11) is 0. The van der Waals surface area contributed by atoms with Crippen LogP contribution >= 0.6 is 0 Å². The van der Waals surface area contributed by atoms with E-state index in [-0.39, 0.29) is 6.42 Å². The van der Waals surface area contributed by atoms with Crippen LogP contribution in [0.3, 0.4) is 0 Å². The molecule has 1 heterocycles. The molecule has 1 N–H and O–H groups in total. The first-order valence-corrected chi connectivity index (χ1v) is 7.32. The monoisotopic (exact) mass is 272 g/mol. The van der Waals surface area contributed by atoms with Crippen LogP contribution in [-0.2, 0) is 9.53 Å². The fourth-order valence-corrected chi connectivity index (χ4v) is 2.11. The van der Waals surface area contributed by atoms with E-state index in [1.165, 1.54) is 0 Å². The smallest absolute Gasteiger partial charge is 0.304 e. The maximum absolute atomic E-state index is 10.5. The summed E-state index contributed by atoms with van der Waals surface area (Å²) in [5.41, 5.74) is 0. The number of carboxylic acids is 1. The van der Waals surface area contributed by atoms with Gasteiger partial charge in [0.25, 0.3) is 0 Å². The average Bonchev–Trinajstić information content (AvgIpc) is 2.37. The Labute approximate surface area is 116 Å².